The van der Waals surface area contributed by atoms with Crippen molar-refractivity contribution in [2.24, 2.45) is 0 Å². The Kier molecular flexibility index (Phi) is 7.52. The van der Waals surface area contributed by atoms with Crippen molar-refractivity contribution in [2.75, 3.05) is 5.32 Å². The molecule has 3 nitrogen and oxygen atoms in total. The Morgan fingerprint density at radius 1 is 1.00 bits per heavy atom. The predicted molar refractivity (Wildman–Crippen MR) is 104 cm³/mol. The standard InChI is InChI=1S/C22H29NO2/c1-4-5-6-7-12-21(25-20-11-9-8-10-18(20)3)22(24)23-19-15-13-17(2)14-16-19/h8-11,13-16,21H,4-7,12H2,1-3H3,(H,23,24). The fourth-order valence-electron chi connectivity index (χ4n) is 2.70. The largest absolute Gasteiger partial charge is 0.480 e. The van der Waals surface area contributed by atoms with Crippen LogP contribution in [-0.4, -0.2) is 12.0 Å². The van der Waals surface area contributed by atoms with Gasteiger partial charge in [-0.15, -0.1) is 0 Å². The van der Waals surface area contributed by atoms with Crippen LogP contribution in [0.1, 0.15) is 50.2 Å². The molecular formula is C22H29NO2. The fourth-order valence-corrected chi connectivity index (χ4v) is 2.70. The summed E-state index contributed by atoms with van der Waals surface area (Å²) in [7, 11) is 0. The summed E-state index contributed by atoms with van der Waals surface area (Å²) in [5.41, 5.74) is 3.03. The number of para-hydroxylation sites is 1. The quantitative estimate of drug-likeness (QED) is 0.599. The summed E-state index contributed by atoms with van der Waals surface area (Å²) in [5, 5.41) is 2.99. The number of rotatable bonds is 9. The highest BCUT2D eigenvalue weighted by atomic mass is 16.5. The first-order valence-electron chi connectivity index (χ1n) is 9.20. The Bertz CT molecular complexity index is 664. The number of carbonyl (C=O) groups excluding carboxylic acids is 1. The number of anilines is 1. The number of carbonyl (C=O) groups is 1. The number of hydrogen-bond acceptors (Lipinski definition) is 2. The van der Waals surface area contributed by atoms with Gasteiger partial charge in [0, 0.05) is 5.69 Å². The van der Waals surface area contributed by atoms with Gasteiger partial charge in [0.15, 0.2) is 6.10 Å². The third-order valence-corrected chi connectivity index (χ3v) is 4.29. The molecular weight excluding hydrogens is 310 g/mol. The molecule has 0 saturated heterocycles. The summed E-state index contributed by atoms with van der Waals surface area (Å²) >= 11 is 0. The van der Waals surface area contributed by atoms with Gasteiger partial charge in [-0.25, -0.2) is 0 Å². The highest BCUT2D eigenvalue weighted by Gasteiger charge is 2.21. The number of ether oxygens (including phenoxy) is 1. The SMILES string of the molecule is CCCCCCC(Oc1ccccc1C)C(=O)Nc1ccc(C)cc1. The third-order valence-electron chi connectivity index (χ3n) is 4.29. The lowest BCUT2D eigenvalue weighted by Crippen LogP contribution is -2.33. The molecule has 0 aromatic heterocycles. The van der Waals surface area contributed by atoms with E-state index in [9.17, 15) is 4.79 Å². The maximum absolute atomic E-state index is 12.7. The van der Waals surface area contributed by atoms with Crippen LogP contribution in [0.4, 0.5) is 5.69 Å². The monoisotopic (exact) mass is 339 g/mol. The van der Waals surface area contributed by atoms with E-state index >= 15 is 0 Å². The maximum Gasteiger partial charge on any atom is 0.265 e. The van der Waals surface area contributed by atoms with E-state index in [0.29, 0.717) is 0 Å². The van der Waals surface area contributed by atoms with E-state index in [0.717, 1.165) is 36.3 Å². The van der Waals surface area contributed by atoms with Crippen LogP contribution in [0, 0.1) is 13.8 Å². The summed E-state index contributed by atoms with van der Waals surface area (Å²) in [6.45, 7) is 6.22. The number of nitrogens with one attached hydrogen (secondary N) is 1. The van der Waals surface area contributed by atoms with Crippen molar-refractivity contribution in [3.8, 4) is 5.75 Å². The molecule has 1 atom stereocenters. The van der Waals surface area contributed by atoms with Gasteiger partial charge in [0.2, 0.25) is 0 Å². The molecule has 1 N–H and O–H groups in total. The molecule has 0 saturated carbocycles. The van der Waals surface area contributed by atoms with Gasteiger partial charge in [0.25, 0.3) is 5.91 Å². The van der Waals surface area contributed by atoms with Crippen LogP contribution in [0.15, 0.2) is 48.5 Å². The van der Waals surface area contributed by atoms with Crippen molar-refractivity contribution in [3.05, 3.63) is 59.7 Å². The molecule has 0 bridgehead atoms. The number of benzene rings is 2. The second kappa shape index (κ2) is 9.87. The third kappa shape index (κ3) is 6.26. The number of hydrogen-bond donors (Lipinski definition) is 1. The number of unbranched alkanes of at least 4 members (excludes halogenated alkanes) is 3. The van der Waals surface area contributed by atoms with Gasteiger partial charge in [-0.05, 0) is 50.5 Å². The first-order chi connectivity index (χ1) is 12.1. The van der Waals surface area contributed by atoms with Gasteiger partial charge in [0.1, 0.15) is 5.75 Å². The van der Waals surface area contributed by atoms with E-state index in [-0.39, 0.29) is 5.91 Å². The molecule has 0 aliphatic heterocycles. The van der Waals surface area contributed by atoms with E-state index < -0.39 is 6.10 Å². The maximum atomic E-state index is 12.7. The molecule has 0 aliphatic carbocycles. The van der Waals surface area contributed by atoms with Crippen molar-refractivity contribution in [1.82, 2.24) is 0 Å². The molecule has 0 fully saturated rings. The Balaban J connectivity index is 2.05. The van der Waals surface area contributed by atoms with Gasteiger partial charge in [0.05, 0.1) is 0 Å². The second-order valence-electron chi connectivity index (χ2n) is 6.58. The van der Waals surface area contributed by atoms with E-state index in [2.05, 4.69) is 12.2 Å². The summed E-state index contributed by atoms with van der Waals surface area (Å²) in [6.07, 6.45) is 4.74. The Morgan fingerprint density at radius 3 is 2.40 bits per heavy atom. The summed E-state index contributed by atoms with van der Waals surface area (Å²) in [6, 6.07) is 15.7. The van der Waals surface area contributed by atoms with Crippen molar-refractivity contribution < 1.29 is 9.53 Å². The van der Waals surface area contributed by atoms with Crippen LogP contribution in [0.5, 0.6) is 5.75 Å². The Labute approximate surface area is 151 Å². The molecule has 134 valence electrons. The van der Waals surface area contributed by atoms with Crippen molar-refractivity contribution in [3.63, 3.8) is 0 Å². The van der Waals surface area contributed by atoms with Crippen LogP contribution in [0.3, 0.4) is 0 Å². The lowest BCUT2D eigenvalue weighted by Gasteiger charge is -2.20. The normalized spacial score (nSPS) is 11.8. The molecule has 0 heterocycles. The molecule has 3 heteroatoms. The average molecular weight is 339 g/mol. The molecule has 25 heavy (non-hydrogen) atoms. The van der Waals surface area contributed by atoms with Gasteiger partial charge in [-0.1, -0.05) is 62.1 Å². The first-order valence-corrected chi connectivity index (χ1v) is 9.20. The minimum Gasteiger partial charge on any atom is -0.480 e. The summed E-state index contributed by atoms with van der Waals surface area (Å²) in [5.74, 6) is 0.700. The van der Waals surface area contributed by atoms with Gasteiger partial charge >= 0.3 is 0 Å². The van der Waals surface area contributed by atoms with Crippen molar-refractivity contribution >= 4 is 11.6 Å². The van der Waals surface area contributed by atoms with Gasteiger partial charge in [-0.3, -0.25) is 4.79 Å². The van der Waals surface area contributed by atoms with Crippen LogP contribution < -0.4 is 10.1 Å². The molecule has 0 spiro atoms. The molecule has 0 radical (unpaired) electrons. The van der Waals surface area contributed by atoms with E-state index in [1.807, 2.05) is 62.4 Å². The fraction of sp³-hybridized carbons (Fsp3) is 0.409. The number of amides is 1. The smallest absolute Gasteiger partial charge is 0.265 e. The molecule has 0 aliphatic rings. The first kappa shape index (κ1) is 19.0. The highest BCUT2D eigenvalue weighted by molar-refractivity contribution is 5.94. The predicted octanol–water partition coefficient (Wildman–Crippen LogP) is 5.66. The van der Waals surface area contributed by atoms with Crippen LogP contribution in [-0.2, 0) is 4.79 Å². The average Bonchev–Trinajstić information content (AvgIpc) is 2.61. The second-order valence-corrected chi connectivity index (χ2v) is 6.58. The Hall–Kier alpha value is -2.29. The molecule has 1 unspecified atom stereocenters. The van der Waals surface area contributed by atoms with Crippen LogP contribution in [0.2, 0.25) is 0 Å². The highest BCUT2D eigenvalue weighted by Crippen LogP contribution is 2.21. The molecule has 2 aromatic carbocycles. The van der Waals surface area contributed by atoms with E-state index in [1.54, 1.807) is 0 Å². The topological polar surface area (TPSA) is 38.3 Å². The summed E-state index contributed by atoms with van der Waals surface area (Å²) < 4.78 is 6.07. The zero-order valence-electron chi connectivity index (χ0n) is 15.5. The zero-order valence-corrected chi connectivity index (χ0v) is 15.5. The zero-order chi connectivity index (χ0) is 18.1. The summed E-state index contributed by atoms with van der Waals surface area (Å²) in [4.78, 5) is 12.7. The van der Waals surface area contributed by atoms with Gasteiger partial charge in [-0.2, -0.15) is 0 Å². The van der Waals surface area contributed by atoms with Crippen molar-refractivity contribution in [2.45, 2.75) is 59.0 Å². The molecule has 2 aromatic rings. The lowest BCUT2D eigenvalue weighted by atomic mass is 10.1. The molecule has 2 rings (SSSR count). The van der Waals surface area contributed by atoms with Crippen molar-refractivity contribution in [1.29, 1.82) is 0 Å². The van der Waals surface area contributed by atoms with E-state index in [1.165, 1.54) is 18.4 Å². The van der Waals surface area contributed by atoms with Crippen LogP contribution >= 0.6 is 0 Å². The minimum absolute atomic E-state index is 0.0800. The lowest BCUT2D eigenvalue weighted by molar-refractivity contribution is -0.123. The molecule has 1 amide bonds. The number of aryl methyl sites for hydroxylation is 2. The minimum atomic E-state index is -0.473. The van der Waals surface area contributed by atoms with Crippen LogP contribution in [0.25, 0.3) is 0 Å². The van der Waals surface area contributed by atoms with Gasteiger partial charge < -0.3 is 10.1 Å². The van der Waals surface area contributed by atoms with E-state index in [4.69, 9.17) is 4.74 Å². The Morgan fingerprint density at radius 2 is 1.72 bits per heavy atom.